The first-order valence-corrected chi connectivity index (χ1v) is 4.05. The van der Waals surface area contributed by atoms with Crippen molar-refractivity contribution in [3.05, 3.63) is 0 Å². The standard InChI is InChI=1S/C8H16N/c1-4-6(2)8-7-5-9(7,8)3/h6-8H,4-5H2,1-3H3/q+1. The molecule has 2 heterocycles. The van der Waals surface area contributed by atoms with Crippen LogP contribution in [0.5, 0.6) is 0 Å². The average Bonchev–Trinajstić information content (AvgIpc) is 2.56. The number of likely N-dealkylation sites (N-methyl/N-ethyl adjacent to an activating group) is 1. The maximum absolute atomic E-state index is 2.39. The first kappa shape index (κ1) is 5.72. The number of quaternary nitrogens is 1. The summed E-state index contributed by atoms with van der Waals surface area (Å²) in [5.74, 6) is 0.980. The molecule has 2 aliphatic heterocycles. The summed E-state index contributed by atoms with van der Waals surface area (Å²) < 4.78 is 1.43. The van der Waals surface area contributed by atoms with Gasteiger partial charge in [-0.25, -0.2) is 0 Å². The Bertz CT molecular complexity index is 144. The molecule has 2 fully saturated rings. The topological polar surface area (TPSA) is 0 Å². The van der Waals surface area contributed by atoms with Crippen molar-refractivity contribution < 1.29 is 4.48 Å². The molecule has 0 aromatic heterocycles. The van der Waals surface area contributed by atoms with Gasteiger partial charge in [0.2, 0.25) is 0 Å². The molecular formula is C8H16N+. The molecule has 0 aromatic carbocycles. The number of rotatable bonds is 2. The Morgan fingerprint density at radius 2 is 2.22 bits per heavy atom. The summed E-state index contributed by atoms with van der Waals surface area (Å²) in [5, 5.41) is 0. The molecule has 2 aliphatic rings. The van der Waals surface area contributed by atoms with E-state index in [1.165, 1.54) is 17.4 Å². The van der Waals surface area contributed by atoms with E-state index >= 15 is 0 Å². The molecule has 0 radical (unpaired) electrons. The van der Waals surface area contributed by atoms with Crippen molar-refractivity contribution in [2.24, 2.45) is 5.92 Å². The van der Waals surface area contributed by atoms with Crippen LogP contribution in [0.3, 0.4) is 0 Å². The van der Waals surface area contributed by atoms with Crippen LogP contribution in [0.4, 0.5) is 0 Å². The maximum atomic E-state index is 2.39. The Morgan fingerprint density at radius 3 is 2.33 bits per heavy atom. The third kappa shape index (κ3) is 0.536. The van der Waals surface area contributed by atoms with Crippen molar-refractivity contribution in [2.75, 3.05) is 13.6 Å². The Balaban J connectivity index is 1.91. The Morgan fingerprint density at radius 1 is 1.67 bits per heavy atom. The summed E-state index contributed by atoms with van der Waals surface area (Å²) in [6.45, 7) is 6.17. The monoisotopic (exact) mass is 126 g/mol. The van der Waals surface area contributed by atoms with Gasteiger partial charge in [0.15, 0.2) is 12.1 Å². The van der Waals surface area contributed by atoms with Crippen LogP contribution in [-0.2, 0) is 0 Å². The lowest BCUT2D eigenvalue weighted by molar-refractivity contribution is -0.700. The molecule has 0 aromatic rings. The minimum absolute atomic E-state index is 0.980. The highest BCUT2D eigenvalue weighted by Gasteiger charge is 2.81. The van der Waals surface area contributed by atoms with Gasteiger partial charge in [0.25, 0.3) is 0 Å². The van der Waals surface area contributed by atoms with Crippen LogP contribution in [0, 0.1) is 5.92 Å². The number of hydrogen-bond donors (Lipinski definition) is 0. The van der Waals surface area contributed by atoms with E-state index in [9.17, 15) is 0 Å². The molecule has 1 nitrogen and oxygen atoms in total. The molecule has 0 spiro atoms. The lowest BCUT2D eigenvalue weighted by Gasteiger charge is -2.10. The van der Waals surface area contributed by atoms with Crippen molar-refractivity contribution >= 4 is 0 Å². The molecular weight excluding hydrogens is 110 g/mol. The van der Waals surface area contributed by atoms with E-state index < -0.39 is 0 Å². The third-order valence-electron chi connectivity index (χ3n) is 3.42. The van der Waals surface area contributed by atoms with E-state index in [-0.39, 0.29) is 0 Å². The van der Waals surface area contributed by atoms with Crippen LogP contribution in [0.25, 0.3) is 0 Å². The molecule has 0 aliphatic carbocycles. The van der Waals surface area contributed by atoms with Crippen LogP contribution in [0.15, 0.2) is 0 Å². The first-order chi connectivity index (χ1) is 4.20. The van der Waals surface area contributed by atoms with Crippen LogP contribution in [0.2, 0.25) is 0 Å². The zero-order chi connectivity index (χ0) is 6.65. The minimum atomic E-state index is 0.980. The zero-order valence-corrected chi connectivity index (χ0v) is 6.59. The average molecular weight is 126 g/mol. The Labute approximate surface area is 57.3 Å². The van der Waals surface area contributed by atoms with Gasteiger partial charge < -0.3 is 4.48 Å². The lowest BCUT2D eigenvalue weighted by Crippen LogP contribution is -2.23. The van der Waals surface area contributed by atoms with Crippen LogP contribution in [-0.4, -0.2) is 30.2 Å². The number of nitrogens with zero attached hydrogens (tertiary/aromatic N) is 1. The summed E-state index contributed by atoms with van der Waals surface area (Å²) >= 11 is 0. The normalized spacial score (nSPS) is 56.3. The fourth-order valence-corrected chi connectivity index (χ4v) is 2.26. The van der Waals surface area contributed by atoms with E-state index in [0.29, 0.717) is 0 Å². The molecule has 4 atom stereocenters. The van der Waals surface area contributed by atoms with Crippen molar-refractivity contribution in [3.8, 4) is 0 Å². The van der Waals surface area contributed by atoms with Gasteiger partial charge >= 0.3 is 0 Å². The lowest BCUT2D eigenvalue weighted by atomic mass is 10.0. The fourth-order valence-electron chi connectivity index (χ4n) is 2.26. The van der Waals surface area contributed by atoms with Crippen molar-refractivity contribution in [2.45, 2.75) is 32.4 Å². The van der Waals surface area contributed by atoms with Gasteiger partial charge in [0.1, 0.15) is 6.54 Å². The molecule has 0 amide bonds. The van der Waals surface area contributed by atoms with Gasteiger partial charge in [-0.15, -0.1) is 0 Å². The van der Waals surface area contributed by atoms with Crippen LogP contribution >= 0.6 is 0 Å². The molecule has 2 rings (SSSR count). The number of hydrogen-bond acceptors (Lipinski definition) is 0. The minimum Gasteiger partial charge on any atom is -0.301 e. The van der Waals surface area contributed by atoms with E-state index in [0.717, 1.165) is 18.0 Å². The summed E-state index contributed by atoms with van der Waals surface area (Å²) in [6.07, 6.45) is 1.37. The Kier molecular flexibility index (Phi) is 0.852. The maximum Gasteiger partial charge on any atom is 0.191 e. The zero-order valence-electron chi connectivity index (χ0n) is 6.59. The quantitative estimate of drug-likeness (QED) is 0.386. The molecule has 2 saturated heterocycles. The highest BCUT2D eigenvalue weighted by atomic mass is 15.7. The van der Waals surface area contributed by atoms with Gasteiger partial charge in [-0.1, -0.05) is 13.8 Å². The molecule has 0 bridgehead atoms. The van der Waals surface area contributed by atoms with Crippen LogP contribution < -0.4 is 0 Å². The summed E-state index contributed by atoms with van der Waals surface area (Å²) in [4.78, 5) is 0. The molecule has 0 saturated carbocycles. The predicted octanol–water partition coefficient (Wildman–Crippen LogP) is 1.24. The first-order valence-electron chi connectivity index (χ1n) is 4.05. The molecule has 1 heteroatoms. The van der Waals surface area contributed by atoms with Crippen LogP contribution in [0.1, 0.15) is 20.3 Å². The Hall–Kier alpha value is -0.0400. The van der Waals surface area contributed by atoms with Gasteiger partial charge in [0.05, 0.1) is 7.05 Å². The summed E-state index contributed by atoms with van der Waals surface area (Å²) in [5.41, 5.74) is 0. The van der Waals surface area contributed by atoms with E-state index in [1.54, 1.807) is 0 Å². The van der Waals surface area contributed by atoms with Gasteiger partial charge in [-0.2, -0.15) is 0 Å². The van der Waals surface area contributed by atoms with E-state index in [1.807, 2.05) is 0 Å². The highest BCUT2D eigenvalue weighted by Crippen LogP contribution is 2.56. The van der Waals surface area contributed by atoms with Gasteiger partial charge in [-0.3, -0.25) is 0 Å². The van der Waals surface area contributed by atoms with E-state index in [4.69, 9.17) is 0 Å². The molecule has 52 valence electrons. The smallest absolute Gasteiger partial charge is 0.191 e. The predicted molar refractivity (Wildman–Crippen MR) is 38.1 cm³/mol. The SMILES string of the molecule is CCC(C)C1C2C[N+]21C. The van der Waals surface area contributed by atoms with Gasteiger partial charge in [-0.05, 0) is 6.42 Å². The summed E-state index contributed by atoms with van der Waals surface area (Å²) in [6, 6.07) is 2.16. The second-order valence-corrected chi connectivity index (χ2v) is 3.97. The third-order valence-corrected chi connectivity index (χ3v) is 3.42. The number of fused-ring (bicyclic) bond motifs is 1. The second kappa shape index (κ2) is 1.34. The van der Waals surface area contributed by atoms with Crippen molar-refractivity contribution in [1.82, 2.24) is 0 Å². The molecule has 9 heavy (non-hydrogen) atoms. The van der Waals surface area contributed by atoms with Gasteiger partial charge in [0, 0.05) is 5.92 Å². The van der Waals surface area contributed by atoms with Crippen molar-refractivity contribution in [1.29, 1.82) is 0 Å². The highest BCUT2D eigenvalue weighted by molar-refractivity contribution is 5.02. The molecule has 4 unspecified atom stereocenters. The van der Waals surface area contributed by atoms with Crippen molar-refractivity contribution in [3.63, 3.8) is 0 Å². The second-order valence-electron chi connectivity index (χ2n) is 3.97. The fraction of sp³-hybridized carbons (Fsp3) is 1.00. The largest absolute Gasteiger partial charge is 0.301 e. The summed E-state index contributed by atoms with van der Waals surface area (Å²) in [7, 11) is 2.39. The van der Waals surface area contributed by atoms with E-state index in [2.05, 4.69) is 20.9 Å². The molecule has 0 N–H and O–H groups in total.